The number of thiophene rings is 1. The molecule has 2 rings (SSSR count). The smallest absolute Gasteiger partial charge is 0.0680 e. The molecule has 1 unspecified atom stereocenters. The van der Waals surface area contributed by atoms with Crippen LogP contribution in [0.3, 0.4) is 0 Å². The van der Waals surface area contributed by atoms with E-state index in [-0.39, 0.29) is 6.04 Å². The summed E-state index contributed by atoms with van der Waals surface area (Å²) in [6.07, 6.45) is 0. The third-order valence-corrected chi connectivity index (χ3v) is 3.21. The van der Waals surface area contributed by atoms with Crippen molar-refractivity contribution in [3.63, 3.8) is 0 Å². The lowest BCUT2D eigenvalue weighted by molar-refractivity contribution is 1.02. The number of hydrogen-bond donors (Lipinski definition) is 1. The number of fused-ring (bicyclic) bond motifs is 1. The number of thiocarbonyl (C=S) groups is 1. The predicted octanol–water partition coefficient (Wildman–Crippen LogP) is 2.78. The summed E-state index contributed by atoms with van der Waals surface area (Å²) < 4.78 is 1.25. The molecule has 1 aromatic heterocycles. The number of hydrogen-bond acceptors (Lipinski definition) is 3. The van der Waals surface area contributed by atoms with Gasteiger partial charge in [0.05, 0.1) is 11.4 Å². The minimum Gasteiger partial charge on any atom is -0.320 e. The van der Waals surface area contributed by atoms with E-state index < -0.39 is 0 Å². The molecule has 0 aliphatic carbocycles. The van der Waals surface area contributed by atoms with E-state index in [0.29, 0.717) is 0 Å². The molecule has 1 nitrogen and oxygen atoms in total. The number of rotatable bonds is 2. The Labute approximate surface area is 86.2 Å². The van der Waals surface area contributed by atoms with Crippen LogP contribution in [0.5, 0.6) is 0 Å². The van der Waals surface area contributed by atoms with E-state index >= 15 is 0 Å². The van der Waals surface area contributed by atoms with Gasteiger partial charge in [-0.1, -0.05) is 30.4 Å². The third kappa shape index (κ3) is 1.50. The lowest BCUT2D eigenvalue weighted by atomic mass is 10.1. The molecule has 65 valence electrons. The molecule has 2 N–H and O–H groups in total. The maximum absolute atomic E-state index is 5.80. The van der Waals surface area contributed by atoms with Gasteiger partial charge in [-0.15, -0.1) is 11.3 Å². The van der Waals surface area contributed by atoms with Crippen molar-refractivity contribution in [3.8, 4) is 0 Å². The second-order valence-electron chi connectivity index (χ2n) is 2.78. The molecule has 1 radical (unpaired) electrons. The molecule has 0 saturated heterocycles. The van der Waals surface area contributed by atoms with Crippen molar-refractivity contribution in [2.75, 3.05) is 0 Å². The molecule has 0 aliphatic rings. The third-order valence-electron chi connectivity index (χ3n) is 1.97. The fourth-order valence-corrected chi connectivity index (χ4v) is 2.43. The van der Waals surface area contributed by atoms with Gasteiger partial charge >= 0.3 is 0 Å². The Bertz CT molecular complexity index is 433. The van der Waals surface area contributed by atoms with Crippen molar-refractivity contribution < 1.29 is 0 Å². The van der Waals surface area contributed by atoms with Crippen LogP contribution in [0.2, 0.25) is 0 Å². The first-order valence-electron chi connectivity index (χ1n) is 3.92. The van der Waals surface area contributed by atoms with Crippen LogP contribution < -0.4 is 5.73 Å². The molecule has 2 aromatic rings. The summed E-state index contributed by atoms with van der Waals surface area (Å²) in [5.41, 5.74) is 6.88. The highest BCUT2D eigenvalue weighted by Crippen LogP contribution is 2.28. The topological polar surface area (TPSA) is 26.0 Å². The molecule has 1 aromatic carbocycles. The van der Waals surface area contributed by atoms with Gasteiger partial charge in [0.15, 0.2) is 0 Å². The van der Waals surface area contributed by atoms with Gasteiger partial charge < -0.3 is 5.73 Å². The van der Waals surface area contributed by atoms with Crippen molar-refractivity contribution in [1.82, 2.24) is 0 Å². The Kier molecular flexibility index (Phi) is 2.40. The molecule has 0 spiro atoms. The molecule has 0 fully saturated rings. The zero-order chi connectivity index (χ0) is 9.26. The summed E-state index contributed by atoms with van der Waals surface area (Å²) in [4.78, 5) is 0. The van der Waals surface area contributed by atoms with Gasteiger partial charge in [0.2, 0.25) is 0 Å². The van der Waals surface area contributed by atoms with Crippen molar-refractivity contribution >= 4 is 39.0 Å². The highest BCUT2D eigenvalue weighted by molar-refractivity contribution is 7.79. The van der Waals surface area contributed by atoms with Crippen LogP contribution in [0.15, 0.2) is 29.6 Å². The molecule has 0 saturated carbocycles. The van der Waals surface area contributed by atoms with Gasteiger partial charge in [0.25, 0.3) is 0 Å². The van der Waals surface area contributed by atoms with Gasteiger partial charge in [0, 0.05) is 4.70 Å². The summed E-state index contributed by atoms with van der Waals surface area (Å²) in [5.74, 6) is 0. The SMILES string of the molecule is NC([C]=S)c1csc2ccccc12. The zero-order valence-corrected chi connectivity index (χ0v) is 8.49. The van der Waals surface area contributed by atoms with Crippen molar-refractivity contribution in [2.45, 2.75) is 6.04 Å². The number of benzene rings is 1. The first kappa shape index (κ1) is 8.81. The van der Waals surface area contributed by atoms with Gasteiger partial charge in [0.1, 0.15) is 0 Å². The van der Waals surface area contributed by atoms with E-state index in [1.165, 1.54) is 10.1 Å². The Hall–Kier alpha value is -0.770. The van der Waals surface area contributed by atoms with E-state index in [0.717, 1.165) is 5.56 Å². The molecule has 0 amide bonds. The lowest BCUT2D eigenvalue weighted by Crippen LogP contribution is -2.09. The average Bonchev–Trinajstić information content (AvgIpc) is 2.60. The van der Waals surface area contributed by atoms with Crippen LogP contribution in [-0.2, 0) is 0 Å². The first-order chi connectivity index (χ1) is 6.33. The maximum atomic E-state index is 5.80. The molecule has 0 bridgehead atoms. The number of nitrogens with two attached hydrogens (primary N) is 1. The quantitative estimate of drug-likeness (QED) is 0.765. The van der Waals surface area contributed by atoms with Crippen LogP contribution in [0.1, 0.15) is 11.6 Å². The zero-order valence-electron chi connectivity index (χ0n) is 6.86. The van der Waals surface area contributed by atoms with E-state index in [2.05, 4.69) is 22.9 Å². The van der Waals surface area contributed by atoms with Crippen LogP contribution in [-0.4, -0.2) is 5.37 Å². The van der Waals surface area contributed by atoms with Gasteiger partial charge in [-0.3, -0.25) is 0 Å². The van der Waals surface area contributed by atoms with Crippen LogP contribution >= 0.6 is 23.6 Å². The largest absolute Gasteiger partial charge is 0.320 e. The standard InChI is InChI=1S/C10H8NS2/c11-9(5-12)8-6-13-10-4-2-1-3-7(8)10/h1-4,6,9H,11H2. The lowest BCUT2D eigenvalue weighted by Gasteiger charge is -2.01. The van der Waals surface area contributed by atoms with E-state index in [9.17, 15) is 0 Å². The summed E-state index contributed by atoms with van der Waals surface area (Å²) in [5, 5.41) is 5.87. The summed E-state index contributed by atoms with van der Waals surface area (Å²) >= 11 is 6.41. The summed E-state index contributed by atoms with van der Waals surface area (Å²) in [6.45, 7) is 0. The van der Waals surface area contributed by atoms with E-state index in [1.807, 2.05) is 12.1 Å². The first-order valence-corrected chi connectivity index (χ1v) is 5.21. The van der Waals surface area contributed by atoms with Gasteiger partial charge in [-0.2, -0.15) is 0 Å². The summed E-state index contributed by atoms with van der Waals surface area (Å²) in [6, 6.07) is 7.93. The van der Waals surface area contributed by atoms with Crippen LogP contribution in [0.25, 0.3) is 10.1 Å². The predicted molar refractivity (Wildman–Crippen MR) is 61.4 cm³/mol. The van der Waals surface area contributed by atoms with Gasteiger partial charge in [-0.25, -0.2) is 0 Å². The second-order valence-corrected chi connectivity index (χ2v) is 3.93. The molecule has 0 aliphatic heterocycles. The summed E-state index contributed by atoms with van der Waals surface area (Å²) in [7, 11) is 0. The molecular formula is C10H8NS2. The van der Waals surface area contributed by atoms with E-state index in [1.54, 1.807) is 11.3 Å². The molecule has 13 heavy (non-hydrogen) atoms. The Morgan fingerprint density at radius 3 is 2.92 bits per heavy atom. The molecular weight excluding hydrogens is 198 g/mol. The fourth-order valence-electron chi connectivity index (χ4n) is 1.30. The molecule has 3 heteroatoms. The highest BCUT2D eigenvalue weighted by atomic mass is 32.1. The van der Waals surface area contributed by atoms with Crippen molar-refractivity contribution in [2.24, 2.45) is 5.73 Å². The van der Waals surface area contributed by atoms with Crippen LogP contribution in [0.4, 0.5) is 0 Å². The van der Waals surface area contributed by atoms with E-state index in [4.69, 9.17) is 18.0 Å². The second kappa shape index (κ2) is 3.54. The Balaban J connectivity index is 2.64. The molecule has 1 heterocycles. The normalized spacial score (nSPS) is 13.0. The van der Waals surface area contributed by atoms with Crippen LogP contribution in [0, 0.1) is 0 Å². The maximum Gasteiger partial charge on any atom is 0.0680 e. The van der Waals surface area contributed by atoms with Crippen molar-refractivity contribution in [3.05, 3.63) is 35.2 Å². The highest BCUT2D eigenvalue weighted by Gasteiger charge is 2.08. The van der Waals surface area contributed by atoms with Crippen molar-refractivity contribution in [1.29, 1.82) is 0 Å². The fraction of sp³-hybridized carbons (Fsp3) is 0.100. The minimum absolute atomic E-state index is 0.244. The minimum atomic E-state index is -0.244. The Morgan fingerprint density at radius 1 is 1.38 bits per heavy atom. The van der Waals surface area contributed by atoms with Gasteiger partial charge in [-0.05, 0) is 22.4 Å². The average molecular weight is 206 g/mol. The molecule has 1 atom stereocenters. The monoisotopic (exact) mass is 206 g/mol. The Morgan fingerprint density at radius 2 is 2.15 bits per heavy atom.